The van der Waals surface area contributed by atoms with Crippen LogP contribution in [0.2, 0.25) is 0 Å². The van der Waals surface area contributed by atoms with Crippen LogP contribution in [0.3, 0.4) is 0 Å². The van der Waals surface area contributed by atoms with Gasteiger partial charge in [-0.15, -0.1) is 11.3 Å². The van der Waals surface area contributed by atoms with E-state index >= 15 is 0 Å². The molecule has 2 heterocycles. The summed E-state index contributed by atoms with van der Waals surface area (Å²) in [5, 5.41) is 2.19. The molecule has 1 fully saturated rings. The largest absolute Gasteiger partial charge is 0.329 e. The maximum atomic E-state index is 6.05. The molecule has 1 aliphatic heterocycles. The van der Waals surface area contributed by atoms with Crippen molar-refractivity contribution >= 4 is 11.3 Å². The van der Waals surface area contributed by atoms with Crippen molar-refractivity contribution in [1.82, 2.24) is 4.90 Å². The summed E-state index contributed by atoms with van der Waals surface area (Å²) in [5.74, 6) is 0.853. The molecule has 3 heteroatoms. The summed E-state index contributed by atoms with van der Waals surface area (Å²) >= 11 is 1.86. The third-order valence-electron chi connectivity index (χ3n) is 4.62. The summed E-state index contributed by atoms with van der Waals surface area (Å²) in [7, 11) is 0. The standard InChI is InChI=1S/C16H28N2S/c1-12-7-10-19-15(12)14(11-17)18-8-5-13(6-9-18)16(2,3)4/h7,10,13-14H,5-6,8-9,11,17H2,1-4H3. The van der Waals surface area contributed by atoms with Crippen molar-refractivity contribution < 1.29 is 0 Å². The molecule has 0 spiro atoms. The van der Waals surface area contributed by atoms with Crippen LogP contribution in [0.15, 0.2) is 11.4 Å². The highest BCUT2D eigenvalue weighted by molar-refractivity contribution is 7.10. The minimum Gasteiger partial charge on any atom is -0.329 e. The molecule has 1 aromatic rings. The Balaban J connectivity index is 2.02. The molecule has 0 saturated carbocycles. The fourth-order valence-electron chi connectivity index (χ4n) is 3.22. The summed E-state index contributed by atoms with van der Waals surface area (Å²) in [6.45, 7) is 12.5. The van der Waals surface area contributed by atoms with E-state index in [0.29, 0.717) is 11.5 Å². The molecule has 1 saturated heterocycles. The van der Waals surface area contributed by atoms with E-state index in [4.69, 9.17) is 5.73 Å². The van der Waals surface area contributed by atoms with Gasteiger partial charge in [0.15, 0.2) is 0 Å². The number of piperidine rings is 1. The van der Waals surface area contributed by atoms with Gasteiger partial charge in [-0.05, 0) is 61.2 Å². The molecule has 2 rings (SSSR count). The predicted molar refractivity (Wildman–Crippen MR) is 84.6 cm³/mol. The van der Waals surface area contributed by atoms with Crippen molar-refractivity contribution in [2.24, 2.45) is 17.1 Å². The molecule has 0 aromatic carbocycles. The first-order chi connectivity index (χ1) is 8.93. The summed E-state index contributed by atoms with van der Waals surface area (Å²) in [6, 6.07) is 2.64. The highest BCUT2D eigenvalue weighted by Gasteiger charge is 2.31. The number of aryl methyl sites for hydroxylation is 1. The molecule has 1 unspecified atom stereocenters. The lowest BCUT2D eigenvalue weighted by atomic mass is 9.75. The van der Waals surface area contributed by atoms with Gasteiger partial charge in [0.1, 0.15) is 0 Å². The first-order valence-electron chi connectivity index (χ1n) is 7.41. The summed E-state index contributed by atoms with van der Waals surface area (Å²) in [6.07, 6.45) is 2.62. The Morgan fingerprint density at radius 3 is 2.42 bits per heavy atom. The van der Waals surface area contributed by atoms with Crippen molar-refractivity contribution in [2.45, 2.75) is 46.6 Å². The monoisotopic (exact) mass is 280 g/mol. The molecule has 1 aromatic heterocycles. The topological polar surface area (TPSA) is 29.3 Å². The maximum Gasteiger partial charge on any atom is 0.0566 e. The van der Waals surface area contributed by atoms with E-state index in [-0.39, 0.29) is 0 Å². The van der Waals surface area contributed by atoms with Gasteiger partial charge in [-0.2, -0.15) is 0 Å². The summed E-state index contributed by atoms with van der Waals surface area (Å²) < 4.78 is 0. The molecule has 0 amide bonds. The minimum atomic E-state index is 0.431. The van der Waals surface area contributed by atoms with Crippen molar-refractivity contribution in [1.29, 1.82) is 0 Å². The second-order valence-corrected chi connectivity index (χ2v) is 7.84. The number of hydrogen-bond donors (Lipinski definition) is 1. The SMILES string of the molecule is Cc1ccsc1C(CN)N1CCC(C(C)(C)C)CC1. The van der Waals surface area contributed by atoms with Crippen LogP contribution in [0.25, 0.3) is 0 Å². The van der Waals surface area contributed by atoms with Crippen LogP contribution in [-0.2, 0) is 0 Å². The molecular weight excluding hydrogens is 252 g/mol. The van der Waals surface area contributed by atoms with Crippen LogP contribution in [0.1, 0.15) is 50.1 Å². The Morgan fingerprint density at radius 1 is 1.37 bits per heavy atom. The van der Waals surface area contributed by atoms with E-state index in [2.05, 4.69) is 44.0 Å². The van der Waals surface area contributed by atoms with Crippen molar-refractivity contribution in [3.8, 4) is 0 Å². The van der Waals surface area contributed by atoms with Gasteiger partial charge < -0.3 is 5.73 Å². The first-order valence-corrected chi connectivity index (χ1v) is 8.29. The number of nitrogens with zero attached hydrogens (tertiary/aromatic N) is 1. The molecular formula is C16H28N2S. The quantitative estimate of drug-likeness (QED) is 0.912. The van der Waals surface area contributed by atoms with Crippen LogP contribution in [0.4, 0.5) is 0 Å². The Hall–Kier alpha value is -0.380. The second-order valence-electron chi connectivity index (χ2n) is 6.90. The summed E-state index contributed by atoms with van der Waals surface area (Å²) in [4.78, 5) is 4.07. The highest BCUT2D eigenvalue weighted by Crippen LogP contribution is 2.37. The molecule has 19 heavy (non-hydrogen) atoms. The molecule has 108 valence electrons. The Labute approximate surface area is 122 Å². The molecule has 0 radical (unpaired) electrons. The van der Waals surface area contributed by atoms with E-state index in [1.54, 1.807) is 0 Å². The van der Waals surface area contributed by atoms with E-state index in [9.17, 15) is 0 Å². The Bertz CT molecular complexity index is 397. The normalized spacial score (nSPS) is 20.7. The van der Waals surface area contributed by atoms with E-state index < -0.39 is 0 Å². The van der Waals surface area contributed by atoms with Gasteiger partial charge in [0.25, 0.3) is 0 Å². The van der Waals surface area contributed by atoms with Gasteiger partial charge in [-0.1, -0.05) is 20.8 Å². The smallest absolute Gasteiger partial charge is 0.0566 e. The Morgan fingerprint density at radius 2 is 2.00 bits per heavy atom. The third kappa shape index (κ3) is 3.39. The van der Waals surface area contributed by atoms with Crippen molar-refractivity contribution in [3.63, 3.8) is 0 Å². The van der Waals surface area contributed by atoms with Gasteiger partial charge >= 0.3 is 0 Å². The van der Waals surface area contributed by atoms with Crippen molar-refractivity contribution in [2.75, 3.05) is 19.6 Å². The van der Waals surface area contributed by atoms with Crippen molar-refractivity contribution in [3.05, 3.63) is 21.9 Å². The first kappa shape index (κ1) is 15.0. The van der Waals surface area contributed by atoms with E-state index in [1.807, 2.05) is 11.3 Å². The number of likely N-dealkylation sites (tertiary alicyclic amines) is 1. The van der Waals surface area contributed by atoms with Gasteiger partial charge in [0.05, 0.1) is 6.04 Å². The zero-order chi connectivity index (χ0) is 14.0. The van der Waals surface area contributed by atoms with Gasteiger partial charge in [0, 0.05) is 11.4 Å². The summed E-state index contributed by atoms with van der Waals surface area (Å²) in [5.41, 5.74) is 7.90. The van der Waals surface area contributed by atoms with E-state index in [1.165, 1.54) is 36.4 Å². The molecule has 1 aliphatic rings. The third-order valence-corrected chi connectivity index (χ3v) is 5.74. The maximum absolute atomic E-state index is 6.05. The lowest BCUT2D eigenvalue weighted by molar-refractivity contribution is 0.0855. The van der Waals surface area contributed by atoms with Crippen LogP contribution in [-0.4, -0.2) is 24.5 Å². The number of thiophene rings is 1. The van der Waals surface area contributed by atoms with Crippen LogP contribution in [0.5, 0.6) is 0 Å². The molecule has 2 nitrogen and oxygen atoms in total. The number of nitrogens with two attached hydrogens (primary N) is 1. The lowest BCUT2D eigenvalue weighted by Gasteiger charge is -2.41. The van der Waals surface area contributed by atoms with Crippen LogP contribution >= 0.6 is 11.3 Å². The zero-order valence-corrected chi connectivity index (χ0v) is 13.6. The number of rotatable bonds is 3. The van der Waals surface area contributed by atoms with E-state index in [0.717, 1.165) is 12.5 Å². The fraction of sp³-hybridized carbons (Fsp3) is 0.750. The van der Waals surface area contributed by atoms with Gasteiger partial charge in [0.2, 0.25) is 0 Å². The molecule has 1 atom stereocenters. The molecule has 0 aliphatic carbocycles. The Kier molecular flexibility index (Phi) is 4.70. The fourth-order valence-corrected chi connectivity index (χ4v) is 4.30. The number of hydrogen-bond acceptors (Lipinski definition) is 3. The average molecular weight is 280 g/mol. The predicted octanol–water partition coefficient (Wildman–Crippen LogP) is 3.81. The minimum absolute atomic E-state index is 0.431. The van der Waals surface area contributed by atoms with Crippen LogP contribution < -0.4 is 5.73 Å². The molecule has 2 N–H and O–H groups in total. The second kappa shape index (κ2) is 5.94. The van der Waals surface area contributed by atoms with Gasteiger partial charge in [-0.3, -0.25) is 4.90 Å². The van der Waals surface area contributed by atoms with Gasteiger partial charge in [-0.25, -0.2) is 0 Å². The highest BCUT2D eigenvalue weighted by atomic mass is 32.1. The average Bonchev–Trinajstić information content (AvgIpc) is 2.76. The lowest BCUT2D eigenvalue weighted by Crippen LogP contribution is -2.42. The molecule has 0 bridgehead atoms. The zero-order valence-electron chi connectivity index (χ0n) is 12.8. The van der Waals surface area contributed by atoms with Crippen LogP contribution in [0, 0.1) is 18.3 Å².